The molecule has 0 N–H and O–H groups in total. The lowest BCUT2D eigenvalue weighted by Crippen LogP contribution is -2.34. The van der Waals surface area contributed by atoms with Gasteiger partial charge in [0.2, 0.25) is 0 Å². The molecule has 0 aliphatic carbocycles. The predicted molar refractivity (Wildman–Crippen MR) is 172 cm³/mol. The largest absolute Gasteiger partial charge is 0.462 e. The maximum absolute atomic E-state index is 11.0. The van der Waals surface area contributed by atoms with Gasteiger partial charge in [-0.2, -0.15) is 11.8 Å². The molecular weight excluding hydrogens is 626 g/mol. The standard InChI is InChI=1S/C21H33NO9.C10H14O4S/c1-4-19(23)29-16-13-26-10-7-22(8-11-27-14-17-30-20(24)5-2)9-12-28-15-18-31-21(25)6-3;1-3-9(11)13-5-7-15-8-6-14-10(12)4-2/h4-6H,1-3,7-18H2;3-4H,1-2,5-8H2. The van der Waals surface area contributed by atoms with Crippen LogP contribution >= 0.6 is 11.8 Å². The molecule has 0 aliphatic heterocycles. The van der Waals surface area contributed by atoms with Crippen molar-refractivity contribution < 1.29 is 61.9 Å². The Morgan fingerprint density at radius 2 is 0.674 bits per heavy atom. The number of hydrogen-bond donors (Lipinski definition) is 0. The van der Waals surface area contributed by atoms with Gasteiger partial charge in [-0.1, -0.05) is 32.9 Å². The van der Waals surface area contributed by atoms with Crippen LogP contribution in [-0.2, 0) is 61.9 Å². The van der Waals surface area contributed by atoms with E-state index in [1.807, 2.05) is 0 Å². The molecule has 15 heteroatoms. The van der Waals surface area contributed by atoms with Gasteiger partial charge in [0.25, 0.3) is 0 Å². The van der Waals surface area contributed by atoms with Gasteiger partial charge in [0.05, 0.1) is 39.6 Å². The van der Waals surface area contributed by atoms with E-state index < -0.39 is 29.8 Å². The summed E-state index contributed by atoms with van der Waals surface area (Å²) in [5, 5.41) is 0. The van der Waals surface area contributed by atoms with E-state index in [0.29, 0.717) is 64.2 Å². The monoisotopic (exact) mass is 673 g/mol. The number of thioether (sulfide) groups is 1. The van der Waals surface area contributed by atoms with Gasteiger partial charge in [-0.15, -0.1) is 0 Å². The van der Waals surface area contributed by atoms with Crippen molar-refractivity contribution in [2.75, 3.05) is 104 Å². The van der Waals surface area contributed by atoms with E-state index in [0.717, 1.165) is 30.4 Å². The van der Waals surface area contributed by atoms with Gasteiger partial charge in [-0.05, 0) is 0 Å². The molecule has 0 heterocycles. The summed E-state index contributed by atoms with van der Waals surface area (Å²) in [6.07, 6.45) is 5.53. The minimum atomic E-state index is -0.489. The quantitative estimate of drug-likeness (QED) is 0.0488. The number of hydrogen-bond acceptors (Lipinski definition) is 15. The van der Waals surface area contributed by atoms with Gasteiger partial charge in [0.15, 0.2) is 0 Å². The van der Waals surface area contributed by atoms with Crippen molar-refractivity contribution >= 4 is 41.6 Å². The van der Waals surface area contributed by atoms with Gasteiger partial charge in [-0.3, -0.25) is 4.90 Å². The fourth-order valence-corrected chi connectivity index (χ4v) is 3.23. The van der Waals surface area contributed by atoms with Crippen molar-refractivity contribution in [1.29, 1.82) is 0 Å². The number of nitrogens with zero attached hydrogens (tertiary/aromatic N) is 1. The zero-order valence-electron chi connectivity index (χ0n) is 26.4. The summed E-state index contributed by atoms with van der Waals surface area (Å²) >= 11 is 1.54. The van der Waals surface area contributed by atoms with Crippen LogP contribution in [0.15, 0.2) is 63.3 Å². The van der Waals surface area contributed by atoms with E-state index in [1.54, 1.807) is 0 Å². The second kappa shape index (κ2) is 34.1. The second-order valence-electron chi connectivity index (χ2n) is 8.15. The first-order valence-corrected chi connectivity index (χ1v) is 15.4. The van der Waals surface area contributed by atoms with Crippen molar-refractivity contribution in [2.45, 2.75) is 0 Å². The maximum atomic E-state index is 11.0. The maximum Gasteiger partial charge on any atom is 0.330 e. The van der Waals surface area contributed by atoms with E-state index in [2.05, 4.69) is 37.8 Å². The van der Waals surface area contributed by atoms with E-state index in [-0.39, 0.29) is 39.6 Å². The Morgan fingerprint density at radius 3 is 0.935 bits per heavy atom. The van der Waals surface area contributed by atoms with E-state index in [4.69, 9.17) is 37.9 Å². The van der Waals surface area contributed by atoms with Crippen molar-refractivity contribution in [1.82, 2.24) is 4.90 Å². The molecule has 0 aliphatic rings. The Kier molecular flexibility index (Phi) is 32.9. The highest BCUT2D eigenvalue weighted by Crippen LogP contribution is 2.00. The predicted octanol–water partition coefficient (Wildman–Crippen LogP) is 1.70. The lowest BCUT2D eigenvalue weighted by atomic mass is 10.4. The fourth-order valence-electron chi connectivity index (χ4n) is 2.63. The van der Waals surface area contributed by atoms with Crippen LogP contribution in [0.5, 0.6) is 0 Å². The minimum Gasteiger partial charge on any atom is -0.462 e. The SMILES string of the molecule is C=CC(=O)OCCOCCN(CCOCCOC(=O)C=C)CCOCCOC(=O)C=C.C=CC(=O)OCCSCCOC(=O)C=C. The molecule has 0 bridgehead atoms. The minimum absolute atomic E-state index is 0.157. The summed E-state index contributed by atoms with van der Waals surface area (Å²) in [6, 6.07) is 0. The van der Waals surface area contributed by atoms with Gasteiger partial charge < -0.3 is 37.9 Å². The highest BCUT2D eigenvalue weighted by Gasteiger charge is 2.07. The average Bonchev–Trinajstić information content (AvgIpc) is 3.07. The topological polar surface area (TPSA) is 162 Å². The zero-order valence-corrected chi connectivity index (χ0v) is 27.2. The third kappa shape index (κ3) is 33.1. The Morgan fingerprint density at radius 1 is 0.413 bits per heavy atom. The zero-order chi connectivity index (χ0) is 34.7. The van der Waals surface area contributed by atoms with Crippen LogP contribution in [-0.4, -0.2) is 139 Å². The molecule has 0 fully saturated rings. The smallest absolute Gasteiger partial charge is 0.330 e. The second-order valence-corrected chi connectivity index (χ2v) is 9.37. The third-order valence-electron chi connectivity index (χ3n) is 4.85. The fraction of sp³-hybridized carbons (Fsp3) is 0.516. The average molecular weight is 674 g/mol. The molecule has 0 unspecified atom stereocenters. The summed E-state index contributed by atoms with van der Waals surface area (Å²) < 4.78 is 40.3. The van der Waals surface area contributed by atoms with Crippen LogP contribution < -0.4 is 0 Å². The Bertz CT molecular complexity index is 826. The summed E-state index contributed by atoms with van der Waals surface area (Å²) in [4.78, 5) is 56.1. The number of ether oxygens (including phenoxy) is 8. The summed E-state index contributed by atoms with van der Waals surface area (Å²) in [5.41, 5.74) is 0. The lowest BCUT2D eigenvalue weighted by Gasteiger charge is -2.22. The van der Waals surface area contributed by atoms with Crippen LogP contribution in [0.25, 0.3) is 0 Å². The van der Waals surface area contributed by atoms with Crippen molar-refractivity contribution in [3.63, 3.8) is 0 Å². The van der Waals surface area contributed by atoms with Gasteiger partial charge in [0, 0.05) is 61.5 Å². The first kappa shape index (κ1) is 44.4. The molecule has 0 atom stereocenters. The summed E-state index contributed by atoms with van der Waals surface area (Å²) in [5.74, 6) is -0.968. The lowest BCUT2D eigenvalue weighted by molar-refractivity contribution is -0.140. The summed E-state index contributed by atoms with van der Waals surface area (Å²) in [6.45, 7) is 21.6. The van der Waals surface area contributed by atoms with Crippen LogP contribution in [0.4, 0.5) is 0 Å². The summed E-state index contributed by atoms with van der Waals surface area (Å²) in [7, 11) is 0. The Hall–Kier alpha value is -3.76. The van der Waals surface area contributed by atoms with Crippen molar-refractivity contribution in [3.05, 3.63) is 63.3 Å². The Balaban J connectivity index is 0. The highest BCUT2D eigenvalue weighted by atomic mass is 32.2. The van der Waals surface area contributed by atoms with E-state index >= 15 is 0 Å². The molecule has 0 aromatic rings. The molecule has 0 amide bonds. The molecule has 0 saturated heterocycles. The molecule has 0 aromatic carbocycles. The number of carbonyl (C=O) groups excluding carboxylic acids is 5. The van der Waals surface area contributed by atoms with Gasteiger partial charge in [-0.25, -0.2) is 24.0 Å². The van der Waals surface area contributed by atoms with Gasteiger partial charge in [0.1, 0.15) is 33.0 Å². The van der Waals surface area contributed by atoms with Crippen LogP contribution in [0.1, 0.15) is 0 Å². The third-order valence-corrected chi connectivity index (χ3v) is 5.76. The highest BCUT2D eigenvalue weighted by molar-refractivity contribution is 7.99. The molecule has 0 spiro atoms. The number of carbonyl (C=O) groups is 5. The van der Waals surface area contributed by atoms with Gasteiger partial charge >= 0.3 is 29.8 Å². The van der Waals surface area contributed by atoms with Crippen LogP contribution in [0.3, 0.4) is 0 Å². The molecule has 260 valence electrons. The van der Waals surface area contributed by atoms with Crippen LogP contribution in [0.2, 0.25) is 0 Å². The van der Waals surface area contributed by atoms with Crippen LogP contribution in [0, 0.1) is 0 Å². The number of esters is 5. The first-order valence-electron chi connectivity index (χ1n) is 14.2. The van der Waals surface area contributed by atoms with Crippen molar-refractivity contribution in [3.8, 4) is 0 Å². The Labute approximate surface area is 275 Å². The molecule has 0 saturated carbocycles. The molecule has 0 rings (SSSR count). The molecule has 0 aromatic heterocycles. The number of rotatable bonds is 29. The molecular formula is C31H47NO13S. The molecule has 14 nitrogen and oxygen atoms in total. The normalized spacial score (nSPS) is 9.93. The van der Waals surface area contributed by atoms with Crippen molar-refractivity contribution in [2.24, 2.45) is 0 Å². The molecule has 46 heavy (non-hydrogen) atoms. The van der Waals surface area contributed by atoms with E-state index in [1.165, 1.54) is 11.8 Å². The molecule has 0 radical (unpaired) electrons. The first-order chi connectivity index (χ1) is 22.2. The van der Waals surface area contributed by atoms with E-state index in [9.17, 15) is 24.0 Å².